The Bertz CT molecular complexity index is 1160. The maximum atomic E-state index is 13.1. The summed E-state index contributed by atoms with van der Waals surface area (Å²) in [7, 11) is 0. The van der Waals surface area contributed by atoms with Gasteiger partial charge in [-0.15, -0.1) is 0 Å². The summed E-state index contributed by atoms with van der Waals surface area (Å²) < 4.78 is 2.06. The fourth-order valence-corrected chi connectivity index (χ4v) is 5.30. The van der Waals surface area contributed by atoms with Crippen LogP contribution in [-0.4, -0.2) is 45.9 Å². The smallest absolute Gasteiger partial charge is 0.242 e. The van der Waals surface area contributed by atoms with Crippen molar-refractivity contribution < 1.29 is 9.59 Å². The molecule has 5 rings (SSSR count). The number of carbonyl (C=O) groups excluding carboxylic acids is 2. The van der Waals surface area contributed by atoms with E-state index in [1.807, 2.05) is 34.1 Å². The highest BCUT2D eigenvalue weighted by Crippen LogP contribution is 2.33. The number of aromatic nitrogens is 2. The summed E-state index contributed by atoms with van der Waals surface area (Å²) in [5.74, 6) is 1.08. The van der Waals surface area contributed by atoms with E-state index in [9.17, 15) is 9.59 Å². The number of imidazole rings is 1. The number of para-hydroxylation sites is 2. The van der Waals surface area contributed by atoms with Gasteiger partial charge < -0.3 is 14.4 Å². The fourth-order valence-electron chi connectivity index (χ4n) is 5.30. The molecule has 0 unspecified atom stereocenters. The summed E-state index contributed by atoms with van der Waals surface area (Å²) in [5.41, 5.74) is 4.11. The third kappa shape index (κ3) is 4.59. The van der Waals surface area contributed by atoms with Gasteiger partial charge in [-0.2, -0.15) is 0 Å². The number of likely N-dealkylation sites (tertiary alicyclic amines) is 1. The molecule has 6 nitrogen and oxygen atoms in total. The summed E-state index contributed by atoms with van der Waals surface area (Å²) in [5, 5.41) is 0. The lowest BCUT2D eigenvalue weighted by atomic mass is 10.1. The number of hydrogen-bond donors (Lipinski definition) is 0. The van der Waals surface area contributed by atoms with Crippen LogP contribution in [0, 0.1) is 0 Å². The molecule has 2 amide bonds. The number of rotatable bonds is 7. The van der Waals surface area contributed by atoms with Gasteiger partial charge in [0.2, 0.25) is 11.8 Å². The molecule has 6 heteroatoms. The second-order valence-electron chi connectivity index (χ2n) is 9.66. The van der Waals surface area contributed by atoms with Crippen molar-refractivity contribution in [1.82, 2.24) is 14.5 Å². The molecule has 2 aliphatic heterocycles. The van der Waals surface area contributed by atoms with E-state index in [1.165, 1.54) is 24.8 Å². The molecule has 0 N–H and O–H groups in total. The van der Waals surface area contributed by atoms with Gasteiger partial charge in [-0.1, -0.05) is 37.6 Å². The average Bonchev–Trinajstić information content (AvgIpc) is 3.44. The molecule has 34 heavy (non-hydrogen) atoms. The lowest BCUT2D eigenvalue weighted by Crippen LogP contribution is -2.38. The molecular weight excluding hydrogens is 424 g/mol. The lowest BCUT2D eigenvalue weighted by Gasteiger charge is -2.27. The third-order valence-electron chi connectivity index (χ3n) is 7.24. The second-order valence-corrected chi connectivity index (χ2v) is 9.66. The topological polar surface area (TPSA) is 58.4 Å². The molecule has 0 aliphatic carbocycles. The van der Waals surface area contributed by atoms with Gasteiger partial charge in [0.15, 0.2) is 0 Å². The number of piperidine rings is 1. The van der Waals surface area contributed by atoms with Crippen LogP contribution in [-0.2, 0) is 22.6 Å². The van der Waals surface area contributed by atoms with Crippen LogP contribution in [0.5, 0.6) is 0 Å². The van der Waals surface area contributed by atoms with E-state index in [4.69, 9.17) is 4.98 Å². The average molecular weight is 459 g/mol. The molecule has 3 heterocycles. The Morgan fingerprint density at radius 3 is 2.56 bits per heavy atom. The maximum absolute atomic E-state index is 13.1. The van der Waals surface area contributed by atoms with E-state index < -0.39 is 0 Å². The van der Waals surface area contributed by atoms with Gasteiger partial charge in [0.25, 0.3) is 0 Å². The number of unbranched alkanes of at least 4 members (excludes halogenated alkanes) is 1. The molecule has 178 valence electrons. The zero-order valence-electron chi connectivity index (χ0n) is 20.1. The molecule has 2 saturated heterocycles. The summed E-state index contributed by atoms with van der Waals surface area (Å²) in [4.78, 5) is 34.9. The Labute approximate surface area is 201 Å². The van der Waals surface area contributed by atoms with Crippen LogP contribution in [0.4, 0.5) is 5.69 Å². The van der Waals surface area contributed by atoms with Gasteiger partial charge in [0, 0.05) is 37.7 Å². The monoisotopic (exact) mass is 458 g/mol. The Balaban J connectivity index is 1.39. The molecule has 0 spiro atoms. The number of hydrogen-bond acceptors (Lipinski definition) is 3. The zero-order chi connectivity index (χ0) is 23.5. The molecular formula is C28H34N4O2. The summed E-state index contributed by atoms with van der Waals surface area (Å²) >= 11 is 0. The minimum atomic E-state index is -0.0335. The van der Waals surface area contributed by atoms with Crippen molar-refractivity contribution in [2.75, 3.05) is 24.5 Å². The van der Waals surface area contributed by atoms with E-state index >= 15 is 0 Å². The number of fused-ring (bicyclic) bond motifs is 1. The summed E-state index contributed by atoms with van der Waals surface area (Å²) in [6.07, 6.45) is 7.19. The molecule has 2 aromatic carbocycles. The fraction of sp³-hybridized carbons (Fsp3) is 0.464. The number of aryl methyl sites for hydroxylation is 1. The lowest BCUT2D eigenvalue weighted by molar-refractivity contribution is -0.132. The minimum Gasteiger partial charge on any atom is -0.341 e. The quantitative estimate of drug-likeness (QED) is 0.505. The van der Waals surface area contributed by atoms with Crippen LogP contribution in [0.2, 0.25) is 0 Å². The standard InChI is InChI=1S/C28H34N4O2/c1-2-3-9-21-12-14-23(15-13-21)31-19-22(18-26(31)33)28-29-24-10-5-6-11-25(24)32(28)20-27(34)30-16-7-4-8-17-30/h5-6,10-15,22H,2-4,7-9,16-20H2,1H3/t22-/m0/s1. The van der Waals surface area contributed by atoms with Gasteiger partial charge in [-0.05, 0) is 61.9 Å². The largest absolute Gasteiger partial charge is 0.341 e. The van der Waals surface area contributed by atoms with Crippen LogP contribution < -0.4 is 4.90 Å². The Kier molecular flexibility index (Phi) is 6.66. The number of nitrogens with zero attached hydrogens (tertiary/aromatic N) is 4. The highest BCUT2D eigenvalue weighted by molar-refractivity contribution is 5.96. The molecule has 2 fully saturated rings. The van der Waals surface area contributed by atoms with Gasteiger partial charge in [0.05, 0.1) is 11.0 Å². The van der Waals surface area contributed by atoms with Crippen molar-refractivity contribution in [2.24, 2.45) is 0 Å². The molecule has 3 aromatic rings. The molecule has 0 saturated carbocycles. The molecule has 0 radical (unpaired) electrons. The highest BCUT2D eigenvalue weighted by atomic mass is 16.2. The first-order valence-electron chi connectivity index (χ1n) is 12.8. The first-order chi connectivity index (χ1) is 16.6. The van der Waals surface area contributed by atoms with E-state index in [-0.39, 0.29) is 24.3 Å². The van der Waals surface area contributed by atoms with Gasteiger partial charge >= 0.3 is 0 Å². The van der Waals surface area contributed by atoms with E-state index in [0.717, 1.165) is 54.9 Å². The number of benzene rings is 2. The van der Waals surface area contributed by atoms with Gasteiger partial charge in [-0.3, -0.25) is 9.59 Å². The van der Waals surface area contributed by atoms with E-state index in [2.05, 4.69) is 35.8 Å². The minimum absolute atomic E-state index is 0.0335. The van der Waals surface area contributed by atoms with Gasteiger partial charge in [0.1, 0.15) is 12.4 Å². The Hall–Kier alpha value is -3.15. The van der Waals surface area contributed by atoms with Crippen LogP contribution in [0.15, 0.2) is 48.5 Å². The first kappa shape index (κ1) is 22.6. The zero-order valence-corrected chi connectivity index (χ0v) is 20.1. The number of anilines is 1. The van der Waals surface area contributed by atoms with Crippen LogP contribution in [0.1, 0.15) is 62.8 Å². The predicted octanol–water partition coefficient (Wildman–Crippen LogP) is 4.91. The first-order valence-corrected chi connectivity index (χ1v) is 12.8. The normalized spacial score (nSPS) is 18.7. The Morgan fingerprint density at radius 1 is 1.03 bits per heavy atom. The third-order valence-corrected chi connectivity index (χ3v) is 7.24. The van der Waals surface area contributed by atoms with Crippen molar-refractivity contribution in [3.8, 4) is 0 Å². The predicted molar refractivity (Wildman–Crippen MR) is 135 cm³/mol. The maximum Gasteiger partial charge on any atom is 0.242 e. The van der Waals surface area contributed by atoms with Gasteiger partial charge in [-0.25, -0.2) is 4.98 Å². The van der Waals surface area contributed by atoms with Crippen LogP contribution in [0.3, 0.4) is 0 Å². The van der Waals surface area contributed by atoms with Crippen molar-refractivity contribution in [3.05, 3.63) is 59.9 Å². The molecule has 1 atom stereocenters. The van der Waals surface area contributed by atoms with Crippen molar-refractivity contribution >= 4 is 28.5 Å². The van der Waals surface area contributed by atoms with Crippen molar-refractivity contribution in [2.45, 2.75) is 64.3 Å². The van der Waals surface area contributed by atoms with Crippen LogP contribution in [0.25, 0.3) is 11.0 Å². The Morgan fingerprint density at radius 2 is 1.79 bits per heavy atom. The summed E-state index contributed by atoms with van der Waals surface area (Å²) in [6.45, 7) is 4.75. The molecule has 0 bridgehead atoms. The SMILES string of the molecule is CCCCc1ccc(N2C[C@@H](c3nc4ccccc4n3CC(=O)N3CCCCC3)CC2=O)cc1. The second kappa shape index (κ2) is 10.00. The van der Waals surface area contributed by atoms with E-state index in [1.54, 1.807) is 0 Å². The highest BCUT2D eigenvalue weighted by Gasteiger charge is 2.35. The number of carbonyl (C=O) groups is 2. The van der Waals surface area contributed by atoms with Crippen molar-refractivity contribution in [1.29, 1.82) is 0 Å². The summed E-state index contributed by atoms with van der Waals surface area (Å²) in [6, 6.07) is 16.4. The van der Waals surface area contributed by atoms with E-state index in [0.29, 0.717) is 13.0 Å². The van der Waals surface area contributed by atoms with Crippen LogP contribution >= 0.6 is 0 Å². The molecule has 2 aliphatic rings. The number of amides is 2. The van der Waals surface area contributed by atoms with Crippen molar-refractivity contribution in [3.63, 3.8) is 0 Å². The molecule has 1 aromatic heterocycles.